The molecule has 3 atom stereocenters. The van der Waals surface area contributed by atoms with E-state index >= 15 is 0 Å². The fourth-order valence-corrected chi connectivity index (χ4v) is 3.54. The Kier molecular flexibility index (Phi) is 10.8. The number of ether oxygens (including phenoxy) is 1. The van der Waals surface area contributed by atoms with Crippen LogP contribution in [0.1, 0.15) is 57.9 Å². The Morgan fingerprint density at radius 1 is 1.19 bits per heavy atom. The molecule has 2 rings (SSSR count). The van der Waals surface area contributed by atoms with E-state index in [4.69, 9.17) is 10.5 Å². The first-order chi connectivity index (χ1) is 14.8. The highest BCUT2D eigenvalue weighted by molar-refractivity contribution is 5.82. The number of nitrogens with one attached hydrogen (secondary N) is 2. The molecule has 1 saturated carbocycles. The van der Waals surface area contributed by atoms with Crippen LogP contribution in [0.2, 0.25) is 0 Å². The highest BCUT2D eigenvalue weighted by Gasteiger charge is 2.28. The van der Waals surface area contributed by atoms with Crippen molar-refractivity contribution in [2.45, 2.75) is 89.1 Å². The molecule has 1 aromatic carbocycles. The summed E-state index contributed by atoms with van der Waals surface area (Å²) in [5, 5.41) is 16.6. The van der Waals surface area contributed by atoms with Crippen LogP contribution < -0.4 is 16.4 Å². The van der Waals surface area contributed by atoms with Crippen molar-refractivity contribution in [3.63, 3.8) is 0 Å². The number of nitrogens with two attached hydrogens (primary N) is 1. The summed E-state index contributed by atoms with van der Waals surface area (Å²) in [6, 6.07) is 1.93. The first-order valence-electron chi connectivity index (χ1n) is 11.4. The van der Waals surface area contributed by atoms with Crippen molar-refractivity contribution in [3.8, 4) is 0 Å². The van der Waals surface area contributed by atoms with E-state index in [1.807, 2.05) is 0 Å². The summed E-state index contributed by atoms with van der Waals surface area (Å²) in [6.45, 7) is 4.51. The Labute approximate surface area is 183 Å². The molecule has 0 aromatic heterocycles. The molecule has 6 nitrogen and oxygen atoms in total. The Hall–Kier alpha value is -1.61. The van der Waals surface area contributed by atoms with E-state index < -0.39 is 35.7 Å². The Morgan fingerprint density at radius 2 is 1.81 bits per heavy atom. The zero-order chi connectivity index (χ0) is 22.8. The Morgan fingerprint density at radius 3 is 2.35 bits per heavy atom. The Bertz CT molecular complexity index is 662. The quantitative estimate of drug-likeness (QED) is 0.335. The standard InChI is InChI=1S/C23H37F2N3O3/c1-3-5-19(6-4-2)31-14-20(26)23(30)28-21(22(29)13-27-18-7-8-18)11-15-9-16(24)12-17(25)10-15/h9-10,12,18-22,27,29H,3-8,11,13-14,26H2,1-2H3,(H,28,30)/t20-,21+,22-/m1/s1. The molecule has 0 aliphatic heterocycles. The summed E-state index contributed by atoms with van der Waals surface area (Å²) in [6.07, 6.45) is 5.09. The van der Waals surface area contributed by atoms with E-state index in [1.165, 1.54) is 12.1 Å². The molecule has 31 heavy (non-hydrogen) atoms. The molecular weight excluding hydrogens is 404 g/mol. The van der Waals surface area contributed by atoms with Gasteiger partial charge in [0.1, 0.15) is 17.7 Å². The summed E-state index contributed by atoms with van der Waals surface area (Å²) in [7, 11) is 0. The summed E-state index contributed by atoms with van der Waals surface area (Å²) in [4.78, 5) is 12.7. The minimum absolute atomic E-state index is 0.0632. The van der Waals surface area contributed by atoms with Crippen LogP contribution in [0.15, 0.2) is 18.2 Å². The molecule has 0 saturated heterocycles. The fourth-order valence-electron chi connectivity index (χ4n) is 3.54. The zero-order valence-corrected chi connectivity index (χ0v) is 18.6. The molecule has 0 spiro atoms. The van der Waals surface area contributed by atoms with Gasteiger partial charge in [-0.05, 0) is 49.8 Å². The summed E-state index contributed by atoms with van der Waals surface area (Å²) < 4.78 is 33.0. The topological polar surface area (TPSA) is 96.6 Å². The van der Waals surface area contributed by atoms with Gasteiger partial charge in [-0.2, -0.15) is 0 Å². The van der Waals surface area contributed by atoms with Crippen molar-refractivity contribution in [2.75, 3.05) is 13.2 Å². The number of carbonyl (C=O) groups is 1. The van der Waals surface area contributed by atoms with Gasteiger partial charge >= 0.3 is 0 Å². The van der Waals surface area contributed by atoms with Crippen LogP contribution in [0.4, 0.5) is 8.78 Å². The summed E-state index contributed by atoms with van der Waals surface area (Å²) in [5.74, 6) is -1.86. The minimum Gasteiger partial charge on any atom is -0.390 e. The first-order valence-corrected chi connectivity index (χ1v) is 11.4. The second-order valence-corrected chi connectivity index (χ2v) is 8.49. The second kappa shape index (κ2) is 13.1. The maximum Gasteiger partial charge on any atom is 0.239 e. The lowest BCUT2D eigenvalue weighted by atomic mass is 10.00. The third-order valence-corrected chi connectivity index (χ3v) is 5.43. The van der Waals surface area contributed by atoms with E-state index in [0.717, 1.165) is 44.6 Å². The monoisotopic (exact) mass is 441 g/mol. The van der Waals surface area contributed by atoms with Gasteiger partial charge in [-0.1, -0.05) is 26.7 Å². The van der Waals surface area contributed by atoms with E-state index in [2.05, 4.69) is 24.5 Å². The molecule has 176 valence electrons. The SMILES string of the molecule is CCCC(CCC)OC[C@@H](N)C(=O)N[C@@H](Cc1cc(F)cc(F)c1)[C@H](O)CNC1CC1. The van der Waals surface area contributed by atoms with E-state index in [1.54, 1.807) is 0 Å². The van der Waals surface area contributed by atoms with Crippen LogP contribution in [0.3, 0.4) is 0 Å². The van der Waals surface area contributed by atoms with Crippen molar-refractivity contribution in [2.24, 2.45) is 5.73 Å². The van der Waals surface area contributed by atoms with Gasteiger partial charge in [-0.3, -0.25) is 4.79 Å². The maximum absolute atomic E-state index is 13.6. The van der Waals surface area contributed by atoms with Crippen molar-refractivity contribution in [1.29, 1.82) is 0 Å². The number of hydrogen-bond acceptors (Lipinski definition) is 5. The number of hydrogen-bond donors (Lipinski definition) is 4. The molecule has 0 heterocycles. The van der Waals surface area contributed by atoms with Crippen molar-refractivity contribution < 1.29 is 23.4 Å². The van der Waals surface area contributed by atoms with Gasteiger partial charge in [0.15, 0.2) is 0 Å². The van der Waals surface area contributed by atoms with Gasteiger partial charge in [0.25, 0.3) is 0 Å². The number of rotatable bonds is 15. The van der Waals surface area contributed by atoms with Crippen LogP contribution >= 0.6 is 0 Å². The Balaban J connectivity index is 1.97. The lowest BCUT2D eigenvalue weighted by Crippen LogP contribution is -2.54. The van der Waals surface area contributed by atoms with Crippen LogP contribution in [0.5, 0.6) is 0 Å². The minimum atomic E-state index is -0.933. The van der Waals surface area contributed by atoms with Gasteiger partial charge in [-0.25, -0.2) is 8.78 Å². The zero-order valence-electron chi connectivity index (χ0n) is 18.6. The van der Waals surface area contributed by atoms with Crippen molar-refractivity contribution >= 4 is 5.91 Å². The number of halogens is 2. The van der Waals surface area contributed by atoms with Crippen LogP contribution in [0.25, 0.3) is 0 Å². The van der Waals surface area contributed by atoms with Gasteiger partial charge < -0.3 is 26.2 Å². The number of carbonyl (C=O) groups excluding carboxylic acids is 1. The van der Waals surface area contributed by atoms with Gasteiger partial charge in [0.05, 0.1) is 24.9 Å². The van der Waals surface area contributed by atoms with E-state index in [9.17, 15) is 18.7 Å². The number of aliphatic hydroxyl groups is 1. The predicted octanol–water partition coefficient (Wildman–Crippen LogP) is 2.42. The largest absolute Gasteiger partial charge is 0.390 e. The number of amides is 1. The third kappa shape index (κ3) is 9.60. The van der Waals surface area contributed by atoms with Gasteiger partial charge in [0.2, 0.25) is 5.91 Å². The normalized spacial score (nSPS) is 16.9. The third-order valence-electron chi connectivity index (χ3n) is 5.43. The van der Waals surface area contributed by atoms with Gasteiger partial charge in [-0.15, -0.1) is 0 Å². The van der Waals surface area contributed by atoms with Crippen LogP contribution in [-0.2, 0) is 16.0 Å². The first kappa shape index (κ1) is 25.6. The number of aliphatic hydroxyl groups excluding tert-OH is 1. The molecule has 0 unspecified atom stereocenters. The molecule has 0 bridgehead atoms. The second-order valence-electron chi connectivity index (χ2n) is 8.49. The lowest BCUT2D eigenvalue weighted by molar-refractivity contribution is -0.126. The highest BCUT2D eigenvalue weighted by Crippen LogP contribution is 2.19. The molecule has 1 aliphatic rings. The smallest absolute Gasteiger partial charge is 0.239 e. The molecule has 0 radical (unpaired) electrons. The molecule has 1 amide bonds. The summed E-state index contributed by atoms with van der Waals surface area (Å²) in [5.41, 5.74) is 6.38. The lowest BCUT2D eigenvalue weighted by Gasteiger charge is -2.27. The molecule has 1 fully saturated rings. The summed E-state index contributed by atoms with van der Waals surface area (Å²) >= 11 is 0. The highest BCUT2D eigenvalue weighted by atomic mass is 19.1. The predicted molar refractivity (Wildman–Crippen MR) is 117 cm³/mol. The van der Waals surface area contributed by atoms with Crippen LogP contribution in [-0.4, -0.2) is 54.5 Å². The van der Waals surface area contributed by atoms with Crippen molar-refractivity contribution in [1.82, 2.24) is 10.6 Å². The molecule has 1 aliphatic carbocycles. The van der Waals surface area contributed by atoms with E-state index in [-0.39, 0.29) is 25.7 Å². The average molecular weight is 442 g/mol. The number of benzene rings is 1. The average Bonchev–Trinajstić information content (AvgIpc) is 3.53. The van der Waals surface area contributed by atoms with E-state index in [0.29, 0.717) is 11.6 Å². The maximum atomic E-state index is 13.6. The molecule has 8 heteroatoms. The van der Waals surface area contributed by atoms with Gasteiger partial charge in [0, 0.05) is 18.7 Å². The van der Waals surface area contributed by atoms with Crippen molar-refractivity contribution in [3.05, 3.63) is 35.4 Å². The molecule has 1 aromatic rings. The molecule has 5 N–H and O–H groups in total. The molecular formula is C23H37F2N3O3. The fraction of sp³-hybridized carbons (Fsp3) is 0.696. The van der Waals surface area contributed by atoms with Crippen LogP contribution in [0, 0.1) is 11.6 Å².